The number of carbonyl (C=O) groups is 1. The van der Waals surface area contributed by atoms with Gasteiger partial charge in [-0.15, -0.1) is 0 Å². The summed E-state index contributed by atoms with van der Waals surface area (Å²) >= 11 is 6.30. The zero-order valence-corrected chi connectivity index (χ0v) is 15.2. The van der Waals surface area contributed by atoms with Crippen LogP contribution in [-0.2, 0) is 12.8 Å². The Hall–Kier alpha value is -1.26. The quantitative estimate of drug-likeness (QED) is 0.863. The van der Waals surface area contributed by atoms with Crippen LogP contribution in [0, 0.1) is 0 Å². The maximum atomic E-state index is 12.8. The standard InChI is InChI=1S/C18H27ClN2O2/c1-5-12-9-10-14(19)13(6-2)16(12)20-17(22)21-11-7-8-15(21)18(3,4)23/h9-10,15,23H,5-8,11H2,1-4H3,(H,20,22). The SMILES string of the molecule is CCc1ccc(Cl)c(CC)c1NC(=O)N1CCCC1C(C)(C)O. The zero-order valence-electron chi connectivity index (χ0n) is 14.4. The Bertz CT molecular complexity index is 581. The van der Waals surface area contributed by atoms with E-state index in [-0.39, 0.29) is 12.1 Å². The highest BCUT2D eigenvalue weighted by Crippen LogP contribution is 2.32. The molecule has 1 aliphatic heterocycles. The first-order valence-corrected chi connectivity index (χ1v) is 8.77. The molecule has 1 atom stereocenters. The first kappa shape index (κ1) is 18.1. The van der Waals surface area contributed by atoms with Crippen molar-refractivity contribution in [2.45, 2.75) is 65.0 Å². The molecular formula is C18H27ClN2O2. The van der Waals surface area contributed by atoms with Crippen molar-refractivity contribution in [2.75, 3.05) is 11.9 Å². The Morgan fingerprint density at radius 1 is 1.39 bits per heavy atom. The molecule has 23 heavy (non-hydrogen) atoms. The monoisotopic (exact) mass is 338 g/mol. The third kappa shape index (κ3) is 3.81. The number of nitrogens with zero attached hydrogens (tertiary/aromatic N) is 1. The lowest BCUT2D eigenvalue weighted by atomic mass is 9.97. The van der Waals surface area contributed by atoms with Crippen LogP contribution in [0.25, 0.3) is 0 Å². The number of halogens is 1. The Labute approximate surface area is 143 Å². The molecule has 1 aromatic rings. The highest BCUT2D eigenvalue weighted by molar-refractivity contribution is 6.32. The van der Waals surface area contributed by atoms with E-state index < -0.39 is 5.60 Å². The van der Waals surface area contributed by atoms with Gasteiger partial charge in [-0.2, -0.15) is 0 Å². The lowest BCUT2D eigenvalue weighted by Gasteiger charge is -2.34. The number of hydrogen-bond acceptors (Lipinski definition) is 2. The Kier molecular flexibility index (Phi) is 5.58. The third-order valence-electron chi connectivity index (χ3n) is 4.64. The van der Waals surface area contributed by atoms with E-state index in [1.165, 1.54) is 0 Å². The van der Waals surface area contributed by atoms with Crippen molar-refractivity contribution in [1.29, 1.82) is 0 Å². The Balaban J connectivity index is 2.28. The van der Waals surface area contributed by atoms with Gasteiger partial charge in [0.15, 0.2) is 0 Å². The van der Waals surface area contributed by atoms with Crippen LogP contribution in [0.2, 0.25) is 5.02 Å². The van der Waals surface area contributed by atoms with Gasteiger partial charge in [0.05, 0.1) is 17.3 Å². The van der Waals surface area contributed by atoms with Crippen molar-refractivity contribution in [3.05, 3.63) is 28.3 Å². The molecule has 0 spiro atoms. The molecule has 0 radical (unpaired) electrons. The number of urea groups is 1. The molecule has 1 aromatic carbocycles. The number of benzene rings is 1. The molecule has 0 aromatic heterocycles. The van der Waals surface area contributed by atoms with Crippen LogP contribution in [0.1, 0.15) is 51.7 Å². The van der Waals surface area contributed by atoms with Gasteiger partial charge in [-0.3, -0.25) is 0 Å². The predicted molar refractivity (Wildman–Crippen MR) is 95.3 cm³/mol. The summed E-state index contributed by atoms with van der Waals surface area (Å²) in [6.07, 6.45) is 3.33. The van der Waals surface area contributed by atoms with Crippen molar-refractivity contribution < 1.29 is 9.90 Å². The van der Waals surface area contributed by atoms with E-state index in [1.54, 1.807) is 18.7 Å². The highest BCUT2D eigenvalue weighted by atomic mass is 35.5. The predicted octanol–water partition coefficient (Wildman–Crippen LogP) is 4.23. The molecule has 2 amide bonds. The Morgan fingerprint density at radius 3 is 2.65 bits per heavy atom. The second-order valence-corrected chi connectivity index (χ2v) is 7.11. The van der Waals surface area contributed by atoms with Crippen molar-refractivity contribution in [1.82, 2.24) is 4.90 Å². The van der Waals surface area contributed by atoms with E-state index in [9.17, 15) is 9.90 Å². The van der Waals surface area contributed by atoms with Gasteiger partial charge >= 0.3 is 6.03 Å². The van der Waals surface area contributed by atoms with E-state index in [1.807, 2.05) is 19.1 Å². The number of likely N-dealkylation sites (tertiary alicyclic amines) is 1. The van der Waals surface area contributed by atoms with Crippen LogP contribution in [0.15, 0.2) is 12.1 Å². The van der Waals surface area contributed by atoms with Crippen molar-refractivity contribution in [3.63, 3.8) is 0 Å². The van der Waals surface area contributed by atoms with Gasteiger partial charge in [-0.25, -0.2) is 4.79 Å². The summed E-state index contributed by atoms with van der Waals surface area (Å²) in [6.45, 7) is 8.29. The molecular weight excluding hydrogens is 312 g/mol. The van der Waals surface area contributed by atoms with E-state index >= 15 is 0 Å². The number of anilines is 1. The van der Waals surface area contributed by atoms with E-state index in [0.29, 0.717) is 11.6 Å². The van der Waals surface area contributed by atoms with Gasteiger partial charge < -0.3 is 15.3 Å². The van der Waals surface area contributed by atoms with Crippen LogP contribution in [0.5, 0.6) is 0 Å². The maximum absolute atomic E-state index is 12.8. The van der Waals surface area contributed by atoms with E-state index in [2.05, 4.69) is 12.2 Å². The topological polar surface area (TPSA) is 52.6 Å². The molecule has 0 saturated carbocycles. The maximum Gasteiger partial charge on any atom is 0.322 e. The number of hydrogen-bond donors (Lipinski definition) is 2. The van der Waals surface area contributed by atoms with Crippen LogP contribution < -0.4 is 5.32 Å². The summed E-state index contributed by atoms with van der Waals surface area (Å²) in [5, 5.41) is 14.0. The minimum absolute atomic E-state index is 0.152. The smallest absolute Gasteiger partial charge is 0.322 e. The lowest BCUT2D eigenvalue weighted by Crippen LogP contribution is -2.49. The first-order chi connectivity index (χ1) is 10.8. The summed E-state index contributed by atoms with van der Waals surface area (Å²) in [5.74, 6) is 0. The number of amides is 2. The van der Waals surface area contributed by atoms with Gasteiger partial charge in [0.25, 0.3) is 0 Å². The average Bonchev–Trinajstić information content (AvgIpc) is 2.97. The Morgan fingerprint density at radius 2 is 2.09 bits per heavy atom. The fourth-order valence-corrected chi connectivity index (χ4v) is 3.68. The third-order valence-corrected chi connectivity index (χ3v) is 4.99. The number of aliphatic hydroxyl groups is 1. The molecule has 0 aliphatic carbocycles. The fraction of sp³-hybridized carbons (Fsp3) is 0.611. The van der Waals surface area contributed by atoms with Crippen molar-refractivity contribution in [3.8, 4) is 0 Å². The van der Waals surface area contributed by atoms with Crippen molar-refractivity contribution >= 4 is 23.3 Å². The molecule has 1 aliphatic rings. The summed E-state index contributed by atoms with van der Waals surface area (Å²) in [6, 6.07) is 3.55. The van der Waals surface area contributed by atoms with Gasteiger partial charge in [-0.05, 0) is 56.7 Å². The first-order valence-electron chi connectivity index (χ1n) is 8.39. The van der Waals surface area contributed by atoms with Gasteiger partial charge in [0, 0.05) is 11.6 Å². The largest absolute Gasteiger partial charge is 0.388 e. The number of carbonyl (C=O) groups excluding carboxylic acids is 1. The molecule has 4 nitrogen and oxygen atoms in total. The van der Waals surface area contributed by atoms with Crippen LogP contribution in [-0.4, -0.2) is 34.2 Å². The molecule has 1 heterocycles. The zero-order chi connectivity index (χ0) is 17.2. The molecule has 2 rings (SSSR count). The minimum atomic E-state index is -0.899. The van der Waals surface area contributed by atoms with Crippen molar-refractivity contribution in [2.24, 2.45) is 0 Å². The molecule has 0 bridgehead atoms. The van der Waals surface area contributed by atoms with Gasteiger partial charge in [0.2, 0.25) is 0 Å². The highest BCUT2D eigenvalue weighted by Gasteiger charge is 2.38. The normalized spacial score (nSPS) is 18.3. The fourth-order valence-electron chi connectivity index (χ4n) is 3.39. The average molecular weight is 339 g/mol. The molecule has 1 unspecified atom stereocenters. The second-order valence-electron chi connectivity index (χ2n) is 6.70. The number of nitrogens with one attached hydrogen (secondary N) is 1. The van der Waals surface area contributed by atoms with Crippen LogP contribution >= 0.6 is 11.6 Å². The van der Waals surface area contributed by atoms with E-state index in [0.717, 1.165) is 42.5 Å². The second kappa shape index (κ2) is 7.10. The number of rotatable bonds is 4. The summed E-state index contributed by atoms with van der Waals surface area (Å²) < 4.78 is 0. The lowest BCUT2D eigenvalue weighted by molar-refractivity contribution is 0.0117. The molecule has 2 N–H and O–H groups in total. The minimum Gasteiger partial charge on any atom is -0.388 e. The number of aryl methyl sites for hydroxylation is 1. The molecule has 1 fully saturated rings. The van der Waals surface area contributed by atoms with Crippen LogP contribution in [0.3, 0.4) is 0 Å². The molecule has 1 saturated heterocycles. The summed E-state index contributed by atoms with van der Waals surface area (Å²) in [5.41, 5.74) is 1.98. The molecule has 5 heteroatoms. The van der Waals surface area contributed by atoms with Gasteiger partial charge in [0.1, 0.15) is 0 Å². The summed E-state index contributed by atoms with van der Waals surface area (Å²) in [7, 11) is 0. The molecule has 128 valence electrons. The summed E-state index contributed by atoms with van der Waals surface area (Å²) in [4.78, 5) is 14.5. The van der Waals surface area contributed by atoms with Gasteiger partial charge in [-0.1, -0.05) is 31.5 Å². The van der Waals surface area contributed by atoms with E-state index in [4.69, 9.17) is 11.6 Å². The van der Waals surface area contributed by atoms with Crippen LogP contribution in [0.4, 0.5) is 10.5 Å².